The third kappa shape index (κ3) is 1.80. The zero-order valence-electron chi connectivity index (χ0n) is 9.46. The van der Waals surface area contributed by atoms with Crippen molar-refractivity contribution >= 4 is 15.9 Å². The monoisotopic (exact) mass is 272 g/mol. The summed E-state index contributed by atoms with van der Waals surface area (Å²) in [6.45, 7) is 2.30. The molecule has 0 bridgehead atoms. The molecule has 0 spiro atoms. The average Bonchev–Trinajstić information content (AvgIpc) is 2.71. The van der Waals surface area contributed by atoms with Crippen molar-refractivity contribution < 1.29 is 4.74 Å². The van der Waals surface area contributed by atoms with Crippen molar-refractivity contribution in [2.75, 3.05) is 7.11 Å². The highest BCUT2D eigenvalue weighted by Crippen LogP contribution is 2.46. The van der Waals surface area contributed by atoms with Gasteiger partial charge in [-0.05, 0) is 19.3 Å². The van der Waals surface area contributed by atoms with Crippen molar-refractivity contribution in [1.29, 1.82) is 0 Å². The number of alkyl halides is 1. The van der Waals surface area contributed by atoms with E-state index in [1.54, 1.807) is 7.11 Å². The maximum atomic E-state index is 5.38. The Hall–Kier alpha value is -0.510. The molecule has 1 aliphatic rings. The zero-order valence-corrected chi connectivity index (χ0v) is 11.0. The Morgan fingerprint density at radius 1 is 1.67 bits per heavy atom. The molecule has 0 aromatic carbocycles. The molecule has 2 rings (SSSR count). The van der Waals surface area contributed by atoms with E-state index in [-0.39, 0.29) is 5.41 Å². The highest BCUT2D eigenvalue weighted by atomic mass is 79.9. The largest absolute Gasteiger partial charge is 0.493 e. The number of aryl methyl sites for hydroxylation is 1. The van der Waals surface area contributed by atoms with E-state index >= 15 is 0 Å². The van der Waals surface area contributed by atoms with Crippen LogP contribution in [0.2, 0.25) is 0 Å². The van der Waals surface area contributed by atoms with Crippen LogP contribution in [0.5, 0.6) is 5.75 Å². The molecule has 1 heterocycles. The third-order valence-corrected chi connectivity index (χ3v) is 4.16. The third-order valence-electron chi connectivity index (χ3n) is 3.38. The lowest BCUT2D eigenvalue weighted by Crippen LogP contribution is -2.22. The number of hydrogen-bond acceptors (Lipinski definition) is 2. The van der Waals surface area contributed by atoms with E-state index < -0.39 is 0 Å². The van der Waals surface area contributed by atoms with Gasteiger partial charge in [-0.15, -0.1) is 0 Å². The fourth-order valence-electron chi connectivity index (χ4n) is 2.64. The van der Waals surface area contributed by atoms with E-state index in [0.717, 1.165) is 12.2 Å². The molecule has 2 unspecified atom stereocenters. The summed E-state index contributed by atoms with van der Waals surface area (Å²) < 4.78 is 7.33. The van der Waals surface area contributed by atoms with E-state index in [2.05, 4.69) is 28.0 Å². The Kier molecular flexibility index (Phi) is 2.79. The normalized spacial score (nSPS) is 30.8. The molecule has 1 aromatic heterocycles. The fraction of sp³-hybridized carbons (Fsp3) is 0.727. The maximum Gasteiger partial charge on any atom is 0.160 e. The van der Waals surface area contributed by atoms with Gasteiger partial charge in [-0.1, -0.05) is 22.9 Å². The number of methoxy groups -OCH3 is 1. The molecular formula is C11H17BrN2O. The number of ether oxygens (including phenoxy) is 1. The van der Waals surface area contributed by atoms with E-state index in [9.17, 15) is 0 Å². The molecule has 3 nitrogen and oxygen atoms in total. The standard InChI is InChI=1S/C11H17BrN2O/c1-11(5-4-8(12)6-11)10-9(15-3)7-13-14(10)2/h7-8H,4-6H2,1-3H3. The second-order valence-electron chi connectivity index (χ2n) is 4.59. The van der Waals surface area contributed by atoms with Gasteiger partial charge in [0, 0.05) is 17.3 Å². The van der Waals surface area contributed by atoms with Crippen molar-refractivity contribution in [1.82, 2.24) is 9.78 Å². The van der Waals surface area contributed by atoms with Crippen LogP contribution < -0.4 is 4.74 Å². The number of rotatable bonds is 2. The smallest absolute Gasteiger partial charge is 0.160 e. The predicted octanol–water partition coefficient (Wildman–Crippen LogP) is 2.63. The molecule has 1 saturated carbocycles. The number of nitrogens with zero attached hydrogens (tertiary/aromatic N) is 2. The summed E-state index contributed by atoms with van der Waals surface area (Å²) in [5, 5.41) is 4.28. The highest BCUT2D eigenvalue weighted by Gasteiger charge is 2.39. The molecule has 1 aromatic rings. The van der Waals surface area contributed by atoms with Gasteiger partial charge in [0.25, 0.3) is 0 Å². The molecule has 2 atom stereocenters. The van der Waals surface area contributed by atoms with Crippen LogP contribution in [0.15, 0.2) is 6.20 Å². The van der Waals surface area contributed by atoms with Crippen molar-refractivity contribution in [3.63, 3.8) is 0 Å². The van der Waals surface area contributed by atoms with Crippen LogP contribution in [0.4, 0.5) is 0 Å². The van der Waals surface area contributed by atoms with Gasteiger partial charge in [0.15, 0.2) is 5.75 Å². The lowest BCUT2D eigenvalue weighted by atomic mass is 9.84. The maximum absolute atomic E-state index is 5.38. The Morgan fingerprint density at radius 3 is 2.93 bits per heavy atom. The molecule has 1 fully saturated rings. The van der Waals surface area contributed by atoms with Gasteiger partial charge < -0.3 is 4.74 Å². The minimum absolute atomic E-state index is 0.199. The van der Waals surface area contributed by atoms with Gasteiger partial charge in [-0.25, -0.2) is 0 Å². The van der Waals surface area contributed by atoms with Crippen molar-refractivity contribution in [3.8, 4) is 5.75 Å². The first-order valence-electron chi connectivity index (χ1n) is 5.27. The lowest BCUT2D eigenvalue weighted by molar-refractivity contribution is 0.376. The number of hydrogen-bond donors (Lipinski definition) is 0. The van der Waals surface area contributed by atoms with E-state index in [1.807, 2.05) is 17.9 Å². The van der Waals surface area contributed by atoms with Gasteiger partial charge in [0.2, 0.25) is 0 Å². The Balaban J connectivity index is 2.39. The summed E-state index contributed by atoms with van der Waals surface area (Å²) in [5.41, 5.74) is 1.43. The summed E-state index contributed by atoms with van der Waals surface area (Å²) in [4.78, 5) is 0.627. The molecule has 15 heavy (non-hydrogen) atoms. The van der Waals surface area contributed by atoms with Crippen LogP contribution in [-0.2, 0) is 12.5 Å². The molecule has 1 aliphatic carbocycles. The summed E-state index contributed by atoms with van der Waals surface area (Å²) in [7, 11) is 3.70. The van der Waals surface area contributed by atoms with Crippen LogP contribution in [-0.4, -0.2) is 21.7 Å². The Morgan fingerprint density at radius 2 is 2.40 bits per heavy atom. The molecule has 84 valence electrons. The van der Waals surface area contributed by atoms with E-state index in [4.69, 9.17) is 4.74 Å². The van der Waals surface area contributed by atoms with E-state index in [1.165, 1.54) is 18.5 Å². The molecule has 0 saturated heterocycles. The van der Waals surface area contributed by atoms with Gasteiger partial charge in [0.05, 0.1) is 19.0 Å². The second kappa shape index (κ2) is 3.81. The predicted molar refractivity (Wildman–Crippen MR) is 63.7 cm³/mol. The first kappa shape index (κ1) is 11.0. The first-order valence-corrected chi connectivity index (χ1v) is 6.19. The van der Waals surface area contributed by atoms with Crippen molar-refractivity contribution in [3.05, 3.63) is 11.9 Å². The van der Waals surface area contributed by atoms with Crippen LogP contribution in [0.1, 0.15) is 31.9 Å². The SMILES string of the molecule is COc1cnn(C)c1C1(C)CCC(Br)C1. The topological polar surface area (TPSA) is 27.1 Å². The summed E-state index contributed by atoms with van der Waals surface area (Å²) in [5.74, 6) is 0.918. The summed E-state index contributed by atoms with van der Waals surface area (Å²) in [6.07, 6.45) is 5.38. The minimum atomic E-state index is 0.199. The quantitative estimate of drug-likeness (QED) is 0.774. The second-order valence-corrected chi connectivity index (χ2v) is 5.88. The van der Waals surface area contributed by atoms with Crippen molar-refractivity contribution in [2.24, 2.45) is 7.05 Å². The summed E-state index contributed by atoms with van der Waals surface area (Å²) in [6, 6.07) is 0. The van der Waals surface area contributed by atoms with Gasteiger partial charge in [0.1, 0.15) is 0 Å². The lowest BCUT2D eigenvalue weighted by Gasteiger charge is -2.25. The van der Waals surface area contributed by atoms with Gasteiger partial charge >= 0.3 is 0 Å². The highest BCUT2D eigenvalue weighted by molar-refractivity contribution is 9.09. The van der Waals surface area contributed by atoms with E-state index in [0.29, 0.717) is 4.83 Å². The zero-order chi connectivity index (χ0) is 11.1. The molecular weight excluding hydrogens is 256 g/mol. The molecule has 0 radical (unpaired) electrons. The summed E-state index contributed by atoms with van der Waals surface area (Å²) >= 11 is 3.70. The Labute approximate surface area is 98.9 Å². The Bertz CT molecular complexity index is 363. The number of aromatic nitrogens is 2. The molecule has 0 aliphatic heterocycles. The molecule has 0 N–H and O–H groups in total. The van der Waals surface area contributed by atoms with Crippen LogP contribution in [0.3, 0.4) is 0 Å². The minimum Gasteiger partial charge on any atom is -0.493 e. The van der Waals surface area contributed by atoms with Gasteiger partial charge in [-0.3, -0.25) is 4.68 Å². The molecule has 4 heteroatoms. The van der Waals surface area contributed by atoms with Crippen LogP contribution >= 0.6 is 15.9 Å². The first-order chi connectivity index (χ1) is 7.07. The van der Waals surface area contributed by atoms with Crippen LogP contribution in [0.25, 0.3) is 0 Å². The molecule has 0 amide bonds. The fourth-order valence-corrected chi connectivity index (χ4v) is 3.58. The number of halogens is 1. The average molecular weight is 273 g/mol. The van der Waals surface area contributed by atoms with Crippen LogP contribution in [0, 0.1) is 0 Å². The van der Waals surface area contributed by atoms with Gasteiger partial charge in [-0.2, -0.15) is 5.10 Å². The van der Waals surface area contributed by atoms with Crippen molar-refractivity contribution in [2.45, 2.75) is 36.4 Å².